The van der Waals surface area contributed by atoms with Crippen LogP contribution in [0.15, 0.2) is 24.4 Å². The average Bonchev–Trinajstić information content (AvgIpc) is 2.38. The number of methoxy groups -OCH3 is 1. The van der Waals surface area contributed by atoms with Crippen LogP contribution in [0.4, 0.5) is 11.6 Å². The van der Waals surface area contributed by atoms with Crippen molar-refractivity contribution in [1.29, 1.82) is 0 Å². The molecule has 0 aliphatic heterocycles. The summed E-state index contributed by atoms with van der Waals surface area (Å²) in [6, 6.07) is 4.91. The highest BCUT2D eigenvalue weighted by Gasteiger charge is 2.13. The second kappa shape index (κ2) is 5.30. The van der Waals surface area contributed by atoms with Crippen LogP contribution in [0, 0.1) is 6.92 Å². The van der Waals surface area contributed by atoms with Crippen molar-refractivity contribution in [3.05, 3.63) is 35.8 Å². The topological polar surface area (TPSA) is 103 Å². The van der Waals surface area contributed by atoms with Crippen LogP contribution >= 0.6 is 0 Å². The second-order valence-corrected chi connectivity index (χ2v) is 3.77. The first kappa shape index (κ1) is 12.7. The molecule has 98 valence electrons. The zero-order chi connectivity index (χ0) is 13.8. The molecule has 0 aromatic carbocycles. The molecule has 7 nitrogen and oxygen atoms in total. The highest BCUT2D eigenvalue weighted by atomic mass is 16.5. The zero-order valence-corrected chi connectivity index (χ0v) is 10.5. The molecule has 0 bridgehead atoms. The number of nitrogens with two attached hydrogens (primary N) is 1. The summed E-state index contributed by atoms with van der Waals surface area (Å²) in [4.78, 5) is 24.0. The van der Waals surface area contributed by atoms with Crippen LogP contribution in [0.3, 0.4) is 0 Å². The largest absolute Gasteiger partial charge is 0.481 e. The number of nitrogens with one attached hydrogen (secondary N) is 1. The lowest BCUT2D eigenvalue weighted by atomic mass is 10.3. The minimum atomic E-state index is -0.467. The summed E-state index contributed by atoms with van der Waals surface area (Å²) >= 11 is 0. The molecule has 2 aromatic rings. The van der Waals surface area contributed by atoms with Crippen LogP contribution in [0.25, 0.3) is 0 Å². The van der Waals surface area contributed by atoms with Gasteiger partial charge in [-0.05, 0) is 19.1 Å². The molecule has 0 aliphatic rings. The molecule has 3 N–H and O–H groups in total. The van der Waals surface area contributed by atoms with E-state index >= 15 is 0 Å². The molecule has 2 aromatic heterocycles. The summed E-state index contributed by atoms with van der Waals surface area (Å²) in [5.41, 5.74) is 6.77. The Morgan fingerprint density at radius 2 is 2.21 bits per heavy atom. The van der Waals surface area contributed by atoms with E-state index in [0.717, 1.165) is 0 Å². The molecule has 0 fully saturated rings. The van der Waals surface area contributed by atoms with E-state index in [1.807, 2.05) is 0 Å². The van der Waals surface area contributed by atoms with Crippen molar-refractivity contribution in [2.24, 2.45) is 0 Å². The molecule has 19 heavy (non-hydrogen) atoms. The third kappa shape index (κ3) is 2.95. The van der Waals surface area contributed by atoms with Gasteiger partial charge in [-0.15, -0.1) is 0 Å². The Morgan fingerprint density at radius 1 is 1.42 bits per heavy atom. The SMILES string of the molecule is COc1cc(C)nc(NC(=O)c2ncccc2N)n1. The molecule has 1 amide bonds. The van der Waals surface area contributed by atoms with E-state index in [0.29, 0.717) is 17.3 Å². The number of nitrogens with zero attached hydrogens (tertiary/aromatic N) is 3. The van der Waals surface area contributed by atoms with E-state index in [4.69, 9.17) is 10.5 Å². The van der Waals surface area contributed by atoms with E-state index in [1.54, 1.807) is 25.1 Å². The number of amides is 1. The van der Waals surface area contributed by atoms with Crippen molar-refractivity contribution < 1.29 is 9.53 Å². The molecule has 0 spiro atoms. The molecule has 0 aliphatic carbocycles. The number of hydrogen-bond donors (Lipinski definition) is 2. The van der Waals surface area contributed by atoms with Gasteiger partial charge in [0.05, 0.1) is 12.8 Å². The Bertz CT molecular complexity index is 615. The number of ether oxygens (including phenoxy) is 1. The van der Waals surface area contributed by atoms with Crippen LogP contribution in [0.2, 0.25) is 0 Å². The Balaban J connectivity index is 2.24. The number of aryl methyl sites for hydroxylation is 1. The first-order valence-corrected chi connectivity index (χ1v) is 5.51. The van der Waals surface area contributed by atoms with Crippen LogP contribution in [-0.2, 0) is 0 Å². The third-order valence-corrected chi connectivity index (χ3v) is 2.32. The van der Waals surface area contributed by atoms with Gasteiger partial charge in [-0.1, -0.05) is 0 Å². The molecule has 0 radical (unpaired) electrons. The maximum absolute atomic E-state index is 12.0. The predicted molar refractivity (Wildman–Crippen MR) is 69.9 cm³/mol. The Hall–Kier alpha value is -2.70. The number of carbonyl (C=O) groups is 1. The first-order chi connectivity index (χ1) is 9.10. The van der Waals surface area contributed by atoms with Crippen LogP contribution in [0.5, 0.6) is 5.88 Å². The number of pyridine rings is 1. The van der Waals surface area contributed by atoms with E-state index in [1.165, 1.54) is 13.3 Å². The summed E-state index contributed by atoms with van der Waals surface area (Å²) in [6.45, 7) is 1.77. The lowest BCUT2D eigenvalue weighted by Crippen LogP contribution is -2.17. The number of aromatic nitrogens is 3. The van der Waals surface area contributed by atoms with Gasteiger partial charge in [-0.25, -0.2) is 9.97 Å². The van der Waals surface area contributed by atoms with E-state index in [-0.39, 0.29) is 11.6 Å². The summed E-state index contributed by atoms with van der Waals surface area (Å²) in [5.74, 6) is 0.0504. The minimum Gasteiger partial charge on any atom is -0.481 e. The number of nitrogen functional groups attached to an aromatic ring is 1. The van der Waals surface area contributed by atoms with Crippen molar-refractivity contribution >= 4 is 17.5 Å². The summed E-state index contributed by atoms with van der Waals surface area (Å²) < 4.78 is 5.00. The van der Waals surface area contributed by atoms with Crippen molar-refractivity contribution in [3.8, 4) is 5.88 Å². The maximum atomic E-state index is 12.0. The van der Waals surface area contributed by atoms with Gasteiger partial charge >= 0.3 is 0 Å². The van der Waals surface area contributed by atoms with E-state index in [2.05, 4.69) is 20.3 Å². The van der Waals surface area contributed by atoms with E-state index < -0.39 is 5.91 Å². The van der Waals surface area contributed by atoms with Gasteiger partial charge in [-0.2, -0.15) is 4.98 Å². The van der Waals surface area contributed by atoms with Crippen molar-refractivity contribution in [2.75, 3.05) is 18.2 Å². The first-order valence-electron chi connectivity index (χ1n) is 5.51. The minimum absolute atomic E-state index is 0.131. The highest BCUT2D eigenvalue weighted by molar-refractivity contribution is 6.05. The average molecular weight is 259 g/mol. The molecular weight excluding hydrogens is 246 g/mol. The van der Waals surface area contributed by atoms with Crippen molar-refractivity contribution in [2.45, 2.75) is 6.92 Å². The fourth-order valence-corrected chi connectivity index (χ4v) is 1.47. The standard InChI is InChI=1S/C12H13N5O2/c1-7-6-9(19-2)16-12(15-7)17-11(18)10-8(13)4-3-5-14-10/h3-6H,13H2,1-2H3,(H,15,16,17,18). The molecule has 0 unspecified atom stereocenters. The van der Waals surface area contributed by atoms with Crippen molar-refractivity contribution in [1.82, 2.24) is 15.0 Å². The Morgan fingerprint density at radius 3 is 2.89 bits per heavy atom. The smallest absolute Gasteiger partial charge is 0.278 e. The Labute approximate surface area is 109 Å². The summed E-state index contributed by atoms with van der Waals surface area (Å²) in [5, 5.41) is 2.53. The summed E-state index contributed by atoms with van der Waals surface area (Å²) in [6.07, 6.45) is 1.49. The molecular formula is C12H13N5O2. The van der Waals surface area contributed by atoms with Crippen LogP contribution in [-0.4, -0.2) is 28.0 Å². The number of anilines is 2. The number of hydrogen-bond acceptors (Lipinski definition) is 6. The van der Waals surface area contributed by atoms with Gasteiger partial charge in [0.2, 0.25) is 11.8 Å². The lowest BCUT2D eigenvalue weighted by Gasteiger charge is -2.07. The van der Waals surface area contributed by atoms with Crippen LogP contribution in [0.1, 0.15) is 16.2 Å². The fraction of sp³-hybridized carbons (Fsp3) is 0.167. The normalized spacial score (nSPS) is 10.0. The lowest BCUT2D eigenvalue weighted by molar-refractivity contribution is 0.102. The van der Waals surface area contributed by atoms with Gasteiger partial charge in [0.15, 0.2) is 5.69 Å². The van der Waals surface area contributed by atoms with Gasteiger partial charge in [0, 0.05) is 18.0 Å². The summed E-state index contributed by atoms with van der Waals surface area (Å²) in [7, 11) is 1.49. The fourth-order valence-electron chi connectivity index (χ4n) is 1.47. The van der Waals surface area contributed by atoms with Gasteiger partial charge in [0.25, 0.3) is 5.91 Å². The van der Waals surface area contributed by atoms with Gasteiger partial charge < -0.3 is 10.5 Å². The maximum Gasteiger partial charge on any atom is 0.278 e. The number of carbonyl (C=O) groups excluding carboxylic acids is 1. The number of rotatable bonds is 3. The van der Waals surface area contributed by atoms with Crippen molar-refractivity contribution in [3.63, 3.8) is 0 Å². The van der Waals surface area contributed by atoms with E-state index in [9.17, 15) is 4.79 Å². The molecule has 2 heterocycles. The molecule has 0 saturated carbocycles. The molecule has 0 atom stereocenters. The van der Waals surface area contributed by atoms with Gasteiger partial charge in [0.1, 0.15) is 0 Å². The third-order valence-electron chi connectivity index (χ3n) is 2.32. The molecule has 7 heteroatoms. The van der Waals surface area contributed by atoms with Crippen LogP contribution < -0.4 is 15.8 Å². The quantitative estimate of drug-likeness (QED) is 0.853. The molecule has 2 rings (SSSR count). The second-order valence-electron chi connectivity index (χ2n) is 3.77. The Kier molecular flexibility index (Phi) is 3.56. The van der Waals surface area contributed by atoms with Gasteiger partial charge in [-0.3, -0.25) is 10.1 Å². The highest BCUT2D eigenvalue weighted by Crippen LogP contribution is 2.13. The monoisotopic (exact) mass is 259 g/mol. The molecule has 0 saturated heterocycles. The zero-order valence-electron chi connectivity index (χ0n) is 10.5. The predicted octanol–water partition coefficient (Wildman–Crippen LogP) is 1.02.